The molecule has 0 N–H and O–H groups in total. The molecule has 0 radical (unpaired) electrons. The van der Waals surface area contributed by atoms with Crippen LogP contribution >= 0.6 is 0 Å². The van der Waals surface area contributed by atoms with Gasteiger partial charge >= 0.3 is 5.97 Å². The molecule has 1 aliphatic rings. The highest BCUT2D eigenvalue weighted by molar-refractivity contribution is 5.89. The van der Waals surface area contributed by atoms with E-state index in [1.807, 2.05) is 30.3 Å². The van der Waals surface area contributed by atoms with Crippen molar-refractivity contribution in [2.24, 2.45) is 5.41 Å². The third-order valence-electron chi connectivity index (χ3n) is 5.81. The molecule has 25 heavy (non-hydrogen) atoms. The molecule has 1 aliphatic heterocycles. The topological polar surface area (TPSA) is 35.5 Å². The minimum atomic E-state index is -0.378. The SMILES string of the molecule is COc1ccc(C2C(=O)Oc3ccc(C(C)(C)C(C)(C)C)cc32)cc1. The van der Waals surface area contributed by atoms with Gasteiger partial charge in [-0.15, -0.1) is 0 Å². The molecule has 2 aromatic rings. The first-order valence-corrected chi connectivity index (χ1v) is 8.65. The first-order valence-electron chi connectivity index (χ1n) is 8.65. The Balaban J connectivity index is 2.06. The van der Waals surface area contributed by atoms with Gasteiger partial charge in [0.15, 0.2) is 0 Å². The molecule has 1 heterocycles. The Morgan fingerprint density at radius 2 is 1.60 bits per heavy atom. The normalized spacial score (nSPS) is 17.2. The zero-order valence-electron chi connectivity index (χ0n) is 15.8. The molecule has 0 aliphatic carbocycles. The van der Waals surface area contributed by atoms with Crippen LogP contribution in [-0.4, -0.2) is 13.1 Å². The number of hydrogen-bond donors (Lipinski definition) is 0. The van der Waals surface area contributed by atoms with Crippen molar-refractivity contribution in [1.29, 1.82) is 0 Å². The quantitative estimate of drug-likeness (QED) is 0.579. The van der Waals surface area contributed by atoms with Crippen LogP contribution in [0.2, 0.25) is 0 Å². The molecular weight excluding hydrogens is 312 g/mol. The Morgan fingerprint density at radius 1 is 0.960 bits per heavy atom. The van der Waals surface area contributed by atoms with Crippen LogP contribution in [0.5, 0.6) is 11.5 Å². The summed E-state index contributed by atoms with van der Waals surface area (Å²) in [5.74, 6) is 0.847. The molecule has 132 valence electrons. The van der Waals surface area contributed by atoms with Crippen molar-refractivity contribution in [1.82, 2.24) is 0 Å². The second kappa shape index (κ2) is 5.91. The van der Waals surface area contributed by atoms with Crippen molar-refractivity contribution in [2.45, 2.75) is 46.0 Å². The van der Waals surface area contributed by atoms with E-state index < -0.39 is 0 Å². The largest absolute Gasteiger partial charge is 0.497 e. The van der Waals surface area contributed by atoms with Gasteiger partial charge in [-0.2, -0.15) is 0 Å². The lowest BCUT2D eigenvalue weighted by molar-refractivity contribution is -0.133. The number of ether oxygens (including phenoxy) is 2. The summed E-state index contributed by atoms with van der Waals surface area (Å²) >= 11 is 0. The molecule has 2 aromatic carbocycles. The van der Waals surface area contributed by atoms with E-state index in [-0.39, 0.29) is 22.7 Å². The molecule has 1 atom stereocenters. The van der Waals surface area contributed by atoms with E-state index in [0.29, 0.717) is 5.75 Å². The lowest BCUT2D eigenvalue weighted by atomic mass is 9.65. The fraction of sp³-hybridized carbons (Fsp3) is 0.409. The van der Waals surface area contributed by atoms with Crippen molar-refractivity contribution < 1.29 is 14.3 Å². The van der Waals surface area contributed by atoms with Gasteiger partial charge in [0, 0.05) is 5.56 Å². The number of carbonyl (C=O) groups excluding carboxylic acids is 1. The van der Waals surface area contributed by atoms with Gasteiger partial charge in [-0.25, -0.2) is 0 Å². The smallest absolute Gasteiger partial charge is 0.323 e. The number of rotatable bonds is 3. The predicted octanol–water partition coefficient (Wildman–Crippen LogP) is 5.07. The minimum absolute atomic E-state index is 0.0296. The molecule has 3 nitrogen and oxygen atoms in total. The second-order valence-corrected chi connectivity index (χ2v) is 8.25. The van der Waals surface area contributed by atoms with Crippen LogP contribution in [-0.2, 0) is 10.2 Å². The summed E-state index contributed by atoms with van der Waals surface area (Å²) in [6, 6.07) is 13.8. The zero-order chi connectivity index (χ0) is 18.4. The average Bonchev–Trinajstić information content (AvgIpc) is 2.88. The van der Waals surface area contributed by atoms with Crippen LogP contribution in [0.25, 0.3) is 0 Å². The van der Waals surface area contributed by atoms with E-state index in [0.717, 1.165) is 16.9 Å². The van der Waals surface area contributed by atoms with Gasteiger partial charge in [-0.1, -0.05) is 58.9 Å². The van der Waals surface area contributed by atoms with Gasteiger partial charge in [0.2, 0.25) is 0 Å². The average molecular weight is 338 g/mol. The predicted molar refractivity (Wildman–Crippen MR) is 99.4 cm³/mol. The molecule has 0 bridgehead atoms. The third-order valence-corrected chi connectivity index (χ3v) is 5.81. The fourth-order valence-electron chi connectivity index (χ4n) is 3.10. The number of carbonyl (C=O) groups is 1. The molecule has 0 aromatic heterocycles. The Kier molecular flexibility index (Phi) is 4.14. The number of benzene rings is 2. The van der Waals surface area contributed by atoms with E-state index in [4.69, 9.17) is 9.47 Å². The Labute approximate surface area is 150 Å². The van der Waals surface area contributed by atoms with Crippen molar-refractivity contribution in [2.75, 3.05) is 7.11 Å². The molecule has 0 amide bonds. The summed E-state index contributed by atoms with van der Waals surface area (Å²) in [6.45, 7) is 11.2. The van der Waals surface area contributed by atoms with E-state index >= 15 is 0 Å². The molecular formula is C22H26O3. The lowest BCUT2D eigenvalue weighted by Gasteiger charge is -2.39. The number of fused-ring (bicyclic) bond motifs is 1. The standard InChI is InChI=1S/C22H26O3/c1-21(2,3)22(4,5)15-9-12-18-17(13-15)19(20(23)25-18)14-7-10-16(24-6)11-8-14/h7-13,19H,1-6H3. The third kappa shape index (κ3) is 2.92. The zero-order valence-corrected chi connectivity index (χ0v) is 15.8. The summed E-state index contributed by atoms with van der Waals surface area (Å²) in [5, 5.41) is 0. The number of methoxy groups -OCH3 is 1. The summed E-state index contributed by atoms with van der Waals surface area (Å²) in [7, 11) is 1.63. The van der Waals surface area contributed by atoms with Crippen molar-refractivity contribution in [3.63, 3.8) is 0 Å². The molecule has 1 unspecified atom stereocenters. The van der Waals surface area contributed by atoms with Gasteiger partial charge in [0.1, 0.15) is 17.4 Å². The van der Waals surface area contributed by atoms with Crippen molar-refractivity contribution >= 4 is 5.97 Å². The summed E-state index contributed by atoms with van der Waals surface area (Å²) in [4.78, 5) is 12.5. The monoisotopic (exact) mass is 338 g/mol. The Hall–Kier alpha value is -2.29. The van der Waals surface area contributed by atoms with Crippen LogP contribution in [0.15, 0.2) is 42.5 Å². The fourth-order valence-corrected chi connectivity index (χ4v) is 3.10. The van der Waals surface area contributed by atoms with Crippen molar-refractivity contribution in [3.05, 3.63) is 59.2 Å². The summed E-state index contributed by atoms with van der Waals surface area (Å²) in [5.41, 5.74) is 3.16. The molecule has 3 rings (SSSR count). The maximum absolute atomic E-state index is 12.5. The molecule has 0 spiro atoms. The van der Waals surface area contributed by atoms with E-state index in [2.05, 4.69) is 46.8 Å². The molecule has 0 fully saturated rings. The highest BCUT2D eigenvalue weighted by Crippen LogP contribution is 2.45. The van der Waals surface area contributed by atoms with Gasteiger partial charge in [-0.05, 0) is 40.2 Å². The van der Waals surface area contributed by atoms with Gasteiger partial charge in [-0.3, -0.25) is 4.79 Å². The molecule has 0 saturated heterocycles. The van der Waals surface area contributed by atoms with Gasteiger partial charge in [0.05, 0.1) is 7.11 Å². The van der Waals surface area contributed by atoms with E-state index in [9.17, 15) is 4.79 Å². The van der Waals surface area contributed by atoms with Crippen molar-refractivity contribution in [3.8, 4) is 11.5 Å². The Bertz CT molecular complexity index is 795. The summed E-state index contributed by atoms with van der Waals surface area (Å²) < 4.78 is 10.7. The van der Waals surface area contributed by atoms with Crippen LogP contribution in [0.3, 0.4) is 0 Å². The lowest BCUT2D eigenvalue weighted by Crippen LogP contribution is -2.34. The highest BCUT2D eigenvalue weighted by atomic mass is 16.5. The Morgan fingerprint density at radius 3 is 2.16 bits per heavy atom. The number of hydrogen-bond acceptors (Lipinski definition) is 3. The van der Waals surface area contributed by atoms with Crippen LogP contribution in [0.4, 0.5) is 0 Å². The number of esters is 1. The minimum Gasteiger partial charge on any atom is -0.497 e. The van der Waals surface area contributed by atoms with E-state index in [1.54, 1.807) is 7.11 Å². The first-order chi connectivity index (χ1) is 11.6. The van der Waals surface area contributed by atoms with E-state index in [1.165, 1.54) is 5.56 Å². The highest BCUT2D eigenvalue weighted by Gasteiger charge is 2.39. The van der Waals surface area contributed by atoms with Crippen LogP contribution < -0.4 is 9.47 Å². The van der Waals surface area contributed by atoms with Crippen LogP contribution in [0, 0.1) is 5.41 Å². The second-order valence-electron chi connectivity index (χ2n) is 8.25. The molecule has 0 saturated carbocycles. The van der Waals surface area contributed by atoms with Gasteiger partial charge in [0.25, 0.3) is 0 Å². The first kappa shape index (κ1) is 17.5. The van der Waals surface area contributed by atoms with Crippen LogP contribution in [0.1, 0.15) is 57.2 Å². The van der Waals surface area contributed by atoms with Gasteiger partial charge < -0.3 is 9.47 Å². The maximum atomic E-state index is 12.5. The molecule has 3 heteroatoms. The maximum Gasteiger partial charge on any atom is 0.323 e. The summed E-state index contributed by atoms with van der Waals surface area (Å²) in [6.07, 6.45) is 0.